The molecule has 0 saturated carbocycles. The molecule has 0 fully saturated rings. The fourth-order valence-electron chi connectivity index (χ4n) is 4.38. The number of hydrogen-bond donors (Lipinski definition) is 3. The number of amides is 1. The van der Waals surface area contributed by atoms with Crippen LogP contribution in [0.15, 0.2) is 72.9 Å². The molecule has 0 bridgehead atoms. The highest BCUT2D eigenvalue weighted by molar-refractivity contribution is 6.10. The lowest BCUT2D eigenvalue weighted by Gasteiger charge is -2.35. The number of hydrogen-bond acceptors (Lipinski definition) is 5. The standard InChI is InChI=1S/C28H26N4O3/c1-28(2)15-19-8-10-22(35-3)13-23(19)25(31-28)14-26(33)17-4-6-18(7-5-17)27(34)30-21-9-11-24-20(12-21)16-29-32-24/h4-14,16,31H,15H2,1-3H3,(H,29,32)(H,30,34)/b25-14-. The monoisotopic (exact) mass is 466 g/mol. The van der Waals surface area contributed by atoms with Gasteiger partial charge in [0.25, 0.3) is 5.91 Å². The number of methoxy groups -OCH3 is 1. The SMILES string of the molecule is COc1ccc2c(c1)/C(=C/C(=O)c1ccc(C(=O)Nc3ccc4[nH]ncc4c3)cc1)NC(C)(C)C2. The Balaban J connectivity index is 1.35. The minimum absolute atomic E-state index is 0.142. The van der Waals surface area contributed by atoms with Crippen LogP contribution in [0.5, 0.6) is 5.75 Å². The van der Waals surface area contributed by atoms with Crippen LogP contribution < -0.4 is 15.4 Å². The summed E-state index contributed by atoms with van der Waals surface area (Å²) in [6, 6.07) is 18.1. The van der Waals surface area contributed by atoms with Gasteiger partial charge in [0.2, 0.25) is 0 Å². The van der Waals surface area contributed by atoms with E-state index in [2.05, 4.69) is 34.7 Å². The molecule has 1 amide bonds. The molecule has 1 aromatic heterocycles. The van der Waals surface area contributed by atoms with Crippen molar-refractivity contribution in [1.29, 1.82) is 0 Å². The van der Waals surface area contributed by atoms with Crippen molar-refractivity contribution in [3.05, 3.63) is 95.2 Å². The van der Waals surface area contributed by atoms with Crippen LogP contribution in [0.3, 0.4) is 0 Å². The molecule has 0 atom stereocenters. The summed E-state index contributed by atoms with van der Waals surface area (Å²) in [5, 5.41) is 14.2. The third-order valence-corrected chi connectivity index (χ3v) is 6.12. The van der Waals surface area contributed by atoms with Crippen LogP contribution in [0, 0.1) is 0 Å². The van der Waals surface area contributed by atoms with Crippen LogP contribution in [0.2, 0.25) is 0 Å². The molecule has 2 heterocycles. The summed E-state index contributed by atoms with van der Waals surface area (Å²) in [5.74, 6) is 0.351. The molecule has 1 aliphatic heterocycles. The van der Waals surface area contributed by atoms with E-state index in [1.54, 1.807) is 43.6 Å². The van der Waals surface area contributed by atoms with E-state index in [0.717, 1.165) is 39.9 Å². The number of benzene rings is 3. The first kappa shape index (κ1) is 22.4. The van der Waals surface area contributed by atoms with Gasteiger partial charge in [-0.2, -0.15) is 5.10 Å². The zero-order chi connectivity index (χ0) is 24.6. The maximum Gasteiger partial charge on any atom is 0.255 e. The van der Waals surface area contributed by atoms with Gasteiger partial charge in [-0.25, -0.2) is 0 Å². The number of ketones is 1. The van der Waals surface area contributed by atoms with E-state index in [9.17, 15) is 9.59 Å². The van der Waals surface area contributed by atoms with Crippen LogP contribution in [0.4, 0.5) is 5.69 Å². The summed E-state index contributed by atoms with van der Waals surface area (Å²) in [7, 11) is 1.63. The lowest BCUT2D eigenvalue weighted by atomic mass is 9.85. The van der Waals surface area contributed by atoms with E-state index in [-0.39, 0.29) is 17.2 Å². The highest BCUT2D eigenvalue weighted by atomic mass is 16.5. The first-order valence-electron chi connectivity index (χ1n) is 11.4. The summed E-state index contributed by atoms with van der Waals surface area (Å²) >= 11 is 0. The third kappa shape index (κ3) is 4.66. The van der Waals surface area contributed by atoms with Gasteiger partial charge in [0, 0.05) is 45.1 Å². The number of nitrogens with zero attached hydrogens (tertiary/aromatic N) is 1. The maximum atomic E-state index is 13.1. The molecule has 176 valence electrons. The molecule has 5 rings (SSSR count). The molecular formula is C28H26N4O3. The summed E-state index contributed by atoms with van der Waals surface area (Å²) in [4.78, 5) is 25.8. The Morgan fingerprint density at radius 3 is 2.57 bits per heavy atom. The molecule has 7 nitrogen and oxygen atoms in total. The van der Waals surface area contributed by atoms with Crippen molar-refractivity contribution in [1.82, 2.24) is 15.5 Å². The lowest BCUT2D eigenvalue weighted by Crippen LogP contribution is -2.43. The number of aromatic amines is 1. The number of allylic oxidation sites excluding steroid dienone is 1. The second-order valence-corrected chi connectivity index (χ2v) is 9.33. The van der Waals surface area contributed by atoms with Gasteiger partial charge in [-0.3, -0.25) is 14.7 Å². The van der Waals surface area contributed by atoms with Gasteiger partial charge in [-0.05, 0) is 68.3 Å². The van der Waals surface area contributed by atoms with Crippen molar-refractivity contribution in [3.63, 3.8) is 0 Å². The van der Waals surface area contributed by atoms with Crippen LogP contribution in [-0.4, -0.2) is 34.5 Å². The normalized spacial score (nSPS) is 15.3. The average molecular weight is 467 g/mol. The van der Waals surface area contributed by atoms with Crippen molar-refractivity contribution in [2.45, 2.75) is 25.8 Å². The molecule has 0 unspecified atom stereocenters. The Bertz CT molecular complexity index is 1470. The van der Waals surface area contributed by atoms with Crippen molar-refractivity contribution in [2.24, 2.45) is 0 Å². The second-order valence-electron chi connectivity index (χ2n) is 9.33. The Morgan fingerprint density at radius 2 is 1.80 bits per heavy atom. The Labute approximate surface area is 203 Å². The van der Waals surface area contributed by atoms with Crippen LogP contribution in [0.25, 0.3) is 16.6 Å². The number of carbonyl (C=O) groups excluding carboxylic acids is 2. The van der Waals surface area contributed by atoms with Gasteiger partial charge in [-0.1, -0.05) is 18.2 Å². The Kier molecular flexibility index (Phi) is 5.61. The van der Waals surface area contributed by atoms with Gasteiger partial charge in [0.05, 0.1) is 18.8 Å². The molecular weight excluding hydrogens is 440 g/mol. The van der Waals surface area contributed by atoms with E-state index in [0.29, 0.717) is 16.8 Å². The molecule has 0 radical (unpaired) electrons. The van der Waals surface area contributed by atoms with Crippen LogP contribution in [0.1, 0.15) is 45.7 Å². The number of carbonyl (C=O) groups is 2. The molecule has 0 saturated heterocycles. The number of H-pyrrole nitrogens is 1. The first-order chi connectivity index (χ1) is 16.8. The van der Waals surface area contributed by atoms with E-state index >= 15 is 0 Å². The largest absolute Gasteiger partial charge is 0.497 e. The zero-order valence-electron chi connectivity index (χ0n) is 19.8. The smallest absolute Gasteiger partial charge is 0.255 e. The van der Waals surface area contributed by atoms with E-state index < -0.39 is 0 Å². The summed E-state index contributed by atoms with van der Waals surface area (Å²) in [5.41, 5.74) is 5.24. The van der Waals surface area contributed by atoms with Crippen molar-refractivity contribution >= 4 is 34.0 Å². The second kappa shape index (κ2) is 8.76. The Hall–Kier alpha value is -4.39. The van der Waals surface area contributed by atoms with Gasteiger partial charge >= 0.3 is 0 Å². The van der Waals surface area contributed by atoms with Crippen molar-refractivity contribution in [3.8, 4) is 5.75 Å². The van der Waals surface area contributed by atoms with Gasteiger partial charge in [-0.15, -0.1) is 0 Å². The summed E-state index contributed by atoms with van der Waals surface area (Å²) < 4.78 is 5.38. The number of nitrogens with one attached hydrogen (secondary N) is 3. The predicted octanol–water partition coefficient (Wildman–Crippen LogP) is 4.97. The van der Waals surface area contributed by atoms with E-state index in [1.165, 1.54) is 0 Å². The zero-order valence-corrected chi connectivity index (χ0v) is 19.8. The fraction of sp³-hybridized carbons (Fsp3) is 0.179. The number of aromatic nitrogens is 2. The Morgan fingerprint density at radius 1 is 1.03 bits per heavy atom. The molecule has 1 aliphatic rings. The average Bonchev–Trinajstić information content (AvgIpc) is 3.31. The number of ether oxygens (including phenoxy) is 1. The summed E-state index contributed by atoms with van der Waals surface area (Å²) in [6.45, 7) is 4.21. The molecule has 0 spiro atoms. The molecule has 0 aliphatic carbocycles. The van der Waals surface area contributed by atoms with Gasteiger partial charge in [0.1, 0.15) is 5.75 Å². The first-order valence-corrected chi connectivity index (χ1v) is 11.4. The fourth-order valence-corrected chi connectivity index (χ4v) is 4.38. The van der Waals surface area contributed by atoms with Crippen LogP contribution >= 0.6 is 0 Å². The molecule has 3 aromatic carbocycles. The topological polar surface area (TPSA) is 96.1 Å². The lowest BCUT2D eigenvalue weighted by molar-refractivity contribution is 0.102. The molecule has 35 heavy (non-hydrogen) atoms. The summed E-state index contributed by atoms with van der Waals surface area (Å²) in [6.07, 6.45) is 4.17. The minimum atomic E-state index is -0.248. The molecule has 3 N–H and O–H groups in total. The van der Waals surface area contributed by atoms with E-state index in [4.69, 9.17) is 4.74 Å². The highest BCUT2D eigenvalue weighted by Gasteiger charge is 2.28. The molecule has 7 heteroatoms. The third-order valence-electron chi connectivity index (χ3n) is 6.12. The van der Waals surface area contributed by atoms with E-state index in [1.807, 2.05) is 36.4 Å². The number of anilines is 1. The predicted molar refractivity (Wildman–Crippen MR) is 137 cm³/mol. The number of rotatable bonds is 5. The quantitative estimate of drug-likeness (QED) is 0.285. The van der Waals surface area contributed by atoms with Crippen LogP contribution in [-0.2, 0) is 6.42 Å². The van der Waals surface area contributed by atoms with Crippen molar-refractivity contribution < 1.29 is 14.3 Å². The maximum absolute atomic E-state index is 13.1. The van der Waals surface area contributed by atoms with Crippen molar-refractivity contribution in [2.75, 3.05) is 12.4 Å². The van der Waals surface area contributed by atoms with Gasteiger partial charge < -0.3 is 15.4 Å². The minimum Gasteiger partial charge on any atom is -0.497 e. The van der Waals surface area contributed by atoms with Gasteiger partial charge in [0.15, 0.2) is 5.78 Å². The highest BCUT2D eigenvalue weighted by Crippen LogP contribution is 2.32. The molecule has 4 aromatic rings. The number of fused-ring (bicyclic) bond motifs is 2.